The van der Waals surface area contributed by atoms with E-state index in [0.717, 1.165) is 0 Å². The van der Waals surface area contributed by atoms with Gasteiger partial charge in [-0.25, -0.2) is 5.84 Å². The molecule has 4 N–H and O–H groups in total. The molecule has 0 atom stereocenters. The van der Waals surface area contributed by atoms with Crippen molar-refractivity contribution in [2.75, 3.05) is 11.9 Å². The van der Waals surface area contributed by atoms with E-state index in [-0.39, 0.29) is 24.8 Å². The lowest BCUT2D eigenvalue weighted by Gasteiger charge is -2.10. The molecule has 0 aliphatic carbocycles. The maximum absolute atomic E-state index is 10.9. The molecule has 0 unspecified atom stereocenters. The number of para-hydroxylation sites is 2. The van der Waals surface area contributed by atoms with Gasteiger partial charge in [0.1, 0.15) is 5.75 Å². The van der Waals surface area contributed by atoms with Gasteiger partial charge in [-0.3, -0.25) is 15.0 Å². The first-order chi connectivity index (χ1) is 8.13. The van der Waals surface area contributed by atoms with Crippen molar-refractivity contribution >= 4 is 17.5 Å². The minimum Gasteiger partial charge on any atom is -0.491 e. The topological polar surface area (TPSA) is 93.4 Å². The fraction of sp³-hybridized carbons (Fsp3) is 0.273. The Balaban J connectivity index is 2.57. The van der Waals surface area contributed by atoms with Crippen LogP contribution < -0.4 is 21.3 Å². The monoisotopic (exact) mass is 237 g/mol. The minimum absolute atomic E-state index is 0.158. The highest BCUT2D eigenvalue weighted by atomic mass is 16.5. The van der Waals surface area contributed by atoms with Gasteiger partial charge in [-0.2, -0.15) is 0 Å². The molecule has 6 heteroatoms. The third-order valence-electron chi connectivity index (χ3n) is 1.95. The summed E-state index contributed by atoms with van der Waals surface area (Å²) in [5.74, 6) is 4.97. The molecule has 1 aromatic carbocycles. The lowest BCUT2D eigenvalue weighted by molar-refractivity contribution is -0.121. The zero-order chi connectivity index (χ0) is 12.7. The van der Waals surface area contributed by atoms with Crippen LogP contribution in [-0.4, -0.2) is 18.4 Å². The summed E-state index contributed by atoms with van der Waals surface area (Å²) in [4.78, 5) is 21.8. The number of amides is 2. The fourth-order valence-corrected chi connectivity index (χ4v) is 1.21. The Morgan fingerprint density at radius 3 is 2.71 bits per heavy atom. The van der Waals surface area contributed by atoms with Crippen LogP contribution >= 0.6 is 0 Å². The van der Waals surface area contributed by atoms with Crippen molar-refractivity contribution in [3.05, 3.63) is 24.3 Å². The molecular formula is C11H15N3O3. The maximum Gasteiger partial charge on any atom is 0.237 e. The number of hydrogen-bond donors (Lipinski definition) is 3. The summed E-state index contributed by atoms with van der Waals surface area (Å²) in [7, 11) is 0. The van der Waals surface area contributed by atoms with Crippen molar-refractivity contribution in [1.82, 2.24) is 5.43 Å². The average molecular weight is 237 g/mol. The van der Waals surface area contributed by atoms with Crippen LogP contribution in [-0.2, 0) is 9.59 Å². The molecule has 0 saturated heterocycles. The molecule has 6 nitrogen and oxygen atoms in total. The Morgan fingerprint density at radius 1 is 1.35 bits per heavy atom. The second-order valence-corrected chi connectivity index (χ2v) is 3.34. The molecule has 0 fully saturated rings. The van der Waals surface area contributed by atoms with Crippen molar-refractivity contribution in [1.29, 1.82) is 0 Å². The number of nitrogens with one attached hydrogen (secondary N) is 2. The Labute approximate surface area is 99.1 Å². The third-order valence-corrected chi connectivity index (χ3v) is 1.95. The van der Waals surface area contributed by atoms with Gasteiger partial charge >= 0.3 is 0 Å². The van der Waals surface area contributed by atoms with Crippen LogP contribution in [0.25, 0.3) is 0 Å². The fourth-order valence-electron chi connectivity index (χ4n) is 1.21. The molecule has 17 heavy (non-hydrogen) atoms. The molecule has 0 spiro atoms. The van der Waals surface area contributed by atoms with Gasteiger partial charge in [0, 0.05) is 6.92 Å². The van der Waals surface area contributed by atoms with Crippen LogP contribution in [0.2, 0.25) is 0 Å². The highest BCUT2D eigenvalue weighted by Gasteiger charge is 2.05. The smallest absolute Gasteiger partial charge is 0.237 e. The van der Waals surface area contributed by atoms with Crippen molar-refractivity contribution in [2.45, 2.75) is 13.3 Å². The summed E-state index contributed by atoms with van der Waals surface area (Å²) in [5.41, 5.74) is 2.59. The lowest BCUT2D eigenvalue weighted by Crippen LogP contribution is -2.31. The van der Waals surface area contributed by atoms with Crippen molar-refractivity contribution in [3.8, 4) is 5.75 Å². The van der Waals surface area contributed by atoms with Crippen molar-refractivity contribution < 1.29 is 14.3 Å². The zero-order valence-electron chi connectivity index (χ0n) is 9.53. The molecule has 1 rings (SSSR count). The maximum atomic E-state index is 10.9. The van der Waals surface area contributed by atoms with E-state index in [9.17, 15) is 9.59 Å². The largest absolute Gasteiger partial charge is 0.491 e. The van der Waals surface area contributed by atoms with Crippen LogP contribution in [0.3, 0.4) is 0 Å². The second kappa shape index (κ2) is 6.49. The first-order valence-corrected chi connectivity index (χ1v) is 5.12. The van der Waals surface area contributed by atoms with Gasteiger partial charge in [-0.1, -0.05) is 12.1 Å². The molecule has 0 aromatic heterocycles. The summed E-state index contributed by atoms with van der Waals surface area (Å²) in [6.45, 7) is 1.61. The van der Waals surface area contributed by atoms with Crippen LogP contribution in [0.15, 0.2) is 24.3 Å². The molecule has 1 aromatic rings. The quantitative estimate of drug-likeness (QED) is 0.392. The Kier molecular flexibility index (Phi) is 4.96. The predicted molar refractivity (Wildman–Crippen MR) is 63.2 cm³/mol. The average Bonchev–Trinajstić information content (AvgIpc) is 2.30. The highest BCUT2D eigenvalue weighted by Crippen LogP contribution is 2.23. The molecule has 0 saturated carbocycles. The number of anilines is 1. The summed E-state index contributed by atoms with van der Waals surface area (Å²) < 4.78 is 5.38. The van der Waals surface area contributed by atoms with Gasteiger partial charge in [-0.15, -0.1) is 0 Å². The molecule has 92 valence electrons. The first kappa shape index (κ1) is 13.0. The van der Waals surface area contributed by atoms with Crippen LogP contribution in [0.1, 0.15) is 13.3 Å². The molecule has 0 bridgehead atoms. The van der Waals surface area contributed by atoms with Crippen LogP contribution in [0.4, 0.5) is 5.69 Å². The molecular weight excluding hydrogens is 222 g/mol. The van der Waals surface area contributed by atoms with Crippen molar-refractivity contribution in [3.63, 3.8) is 0 Å². The number of ether oxygens (including phenoxy) is 1. The molecule has 0 aliphatic heterocycles. The van der Waals surface area contributed by atoms with E-state index >= 15 is 0 Å². The Bertz CT molecular complexity index is 407. The number of benzene rings is 1. The van der Waals surface area contributed by atoms with Gasteiger partial charge in [0.05, 0.1) is 18.7 Å². The summed E-state index contributed by atoms with van der Waals surface area (Å²) in [5, 5.41) is 2.64. The van der Waals surface area contributed by atoms with E-state index in [1.807, 2.05) is 5.43 Å². The zero-order valence-corrected chi connectivity index (χ0v) is 9.53. The van der Waals surface area contributed by atoms with E-state index in [1.54, 1.807) is 24.3 Å². The Hall–Kier alpha value is -2.08. The van der Waals surface area contributed by atoms with E-state index in [0.29, 0.717) is 11.4 Å². The summed E-state index contributed by atoms with van der Waals surface area (Å²) in [6.07, 6.45) is 0.158. The second-order valence-electron chi connectivity index (χ2n) is 3.34. The van der Waals surface area contributed by atoms with Crippen molar-refractivity contribution in [2.24, 2.45) is 5.84 Å². The summed E-state index contributed by atoms with van der Waals surface area (Å²) >= 11 is 0. The number of rotatable bonds is 5. The molecule has 0 aliphatic rings. The summed E-state index contributed by atoms with van der Waals surface area (Å²) in [6, 6.07) is 7.00. The van der Waals surface area contributed by atoms with E-state index < -0.39 is 0 Å². The number of carbonyl (C=O) groups is 2. The van der Waals surface area contributed by atoms with Gasteiger partial charge in [0.15, 0.2) is 0 Å². The third kappa shape index (κ3) is 4.52. The molecule has 0 heterocycles. The van der Waals surface area contributed by atoms with Crippen LogP contribution in [0, 0.1) is 0 Å². The van der Waals surface area contributed by atoms with Gasteiger partial charge < -0.3 is 10.1 Å². The van der Waals surface area contributed by atoms with Gasteiger partial charge in [-0.05, 0) is 12.1 Å². The van der Waals surface area contributed by atoms with E-state index in [1.165, 1.54) is 6.92 Å². The normalized spacial score (nSPS) is 9.53. The van der Waals surface area contributed by atoms with Gasteiger partial charge in [0.2, 0.25) is 11.8 Å². The standard InChI is InChI=1S/C11H15N3O3/c1-8(15)13-9-4-2-3-5-10(9)17-7-6-11(16)14-12/h2-5H,6-7,12H2,1H3,(H,13,15)(H,14,16). The predicted octanol–water partition coefficient (Wildman–Crippen LogP) is 0.404. The highest BCUT2D eigenvalue weighted by molar-refractivity contribution is 5.90. The lowest BCUT2D eigenvalue weighted by atomic mass is 10.3. The molecule has 2 amide bonds. The number of carbonyl (C=O) groups excluding carboxylic acids is 2. The number of nitrogens with two attached hydrogens (primary N) is 1. The Morgan fingerprint density at radius 2 is 2.06 bits per heavy atom. The van der Waals surface area contributed by atoms with Gasteiger partial charge in [0.25, 0.3) is 0 Å². The van der Waals surface area contributed by atoms with E-state index in [2.05, 4.69) is 5.32 Å². The van der Waals surface area contributed by atoms with Crippen LogP contribution in [0.5, 0.6) is 5.75 Å². The number of hydrazine groups is 1. The van der Waals surface area contributed by atoms with E-state index in [4.69, 9.17) is 10.6 Å². The minimum atomic E-state index is -0.304. The SMILES string of the molecule is CC(=O)Nc1ccccc1OCCC(=O)NN. The first-order valence-electron chi connectivity index (χ1n) is 5.12. The number of hydrogen-bond acceptors (Lipinski definition) is 4. The molecule has 0 radical (unpaired) electrons.